The maximum Gasteiger partial charge on any atom is 0.242 e. The first-order valence-electron chi connectivity index (χ1n) is 12.7. The van der Waals surface area contributed by atoms with Crippen molar-refractivity contribution in [2.24, 2.45) is 5.92 Å². The molecular formula is C26H36BrN3O4. The average molecular weight is 534 g/mol. The average Bonchev–Trinajstić information content (AvgIpc) is 3.04. The zero-order chi connectivity index (χ0) is 23.9. The van der Waals surface area contributed by atoms with Gasteiger partial charge in [0.2, 0.25) is 17.7 Å². The highest BCUT2D eigenvalue weighted by Gasteiger charge is 2.36. The van der Waals surface area contributed by atoms with Crippen LogP contribution in [-0.4, -0.2) is 77.8 Å². The molecule has 0 radical (unpaired) electrons. The summed E-state index contributed by atoms with van der Waals surface area (Å²) in [5.41, 5.74) is 0. The van der Waals surface area contributed by atoms with Crippen LogP contribution in [0, 0.1) is 5.92 Å². The van der Waals surface area contributed by atoms with Gasteiger partial charge in [0.05, 0.1) is 6.54 Å². The van der Waals surface area contributed by atoms with Crippen molar-refractivity contribution in [2.75, 3.05) is 39.3 Å². The molecule has 7 nitrogen and oxygen atoms in total. The van der Waals surface area contributed by atoms with Gasteiger partial charge < -0.3 is 19.4 Å². The van der Waals surface area contributed by atoms with Crippen LogP contribution >= 0.6 is 15.9 Å². The summed E-state index contributed by atoms with van der Waals surface area (Å²) in [6.07, 6.45) is 7.64. The van der Waals surface area contributed by atoms with E-state index in [1.54, 1.807) is 4.90 Å². The summed E-state index contributed by atoms with van der Waals surface area (Å²) < 4.78 is 7.29. The second kappa shape index (κ2) is 12.0. The molecule has 0 aromatic heterocycles. The molecule has 1 aromatic rings. The van der Waals surface area contributed by atoms with Crippen LogP contribution in [0.2, 0.25) is 0 Å². The minimum Gasteiger partial charge on any atom is -0.490 e. The third kappa shape index (κ3) is 6.74. The fraction of sp³-hybridized carbons (Fsp3) is 0.654. The Morgan fingerprint density at radius 2 is 1.71 bits per heavy atom. The molecule has 3 fully saturated rings. The lowest BCUT2D eigenvalue weighted by Gasteiger charge is -2.40. The van der Waals surface area contributed by atoms with Crippen LogP contribution in [0.3, 0.4) is 0 Å². The van der Waals surface area contributed by atoms with Crippen LogP contribution in [0.1, 0.15) is 57.8 Å². The maximum atomic E-state index is 13.2. The van der Waals surface area contributed by atoms with Gasteiger partial charge in [-0.1, -0.05) is 28.4 Å². The topological polar surface area (TPSA) is 70.2 Å². The van der Waals surface area contributed by atoms with E-state index in [0.717, 1.165) is 55.4 Å². The predicted molar refractivity (Wildman–Crippen MR) is 133 cm³/mol. The van der Waals surface area contributed by atoms with Gasteiger partial charge in [-0.25, -0.2) is 0 Å². The normalized spacial score (nSPS) is 24.0. The SMILES string of the molecule is O=C(C[C@H]1CN(C(=O)CN2CCCCCC2=O)CC[C@@H]1Oc1cccc(Br)c1)N1CCCCC1. The lowest BCUT2D eigenvalue weighted by atomic mass is 9.90. The zero-order valence-corrected chi connectivity index (χ0v) is 21.5. The number of amides is 3. The van der Waals surface area contributed by atoms with E-state index < -0.39 is 0 Å². The van der Waals surface area contributed by atoms with Crippen LogP contribution in [0.5, 0.6) is 5.75 Å². The molecule has 2 atom stereocenters. The molecule has 3 heterocycles. The monoisotopic (exact) mass is 533 g/mol. The fourth-order valence-corrected chi connectivity index (χ4v) is 5.65. The van der Waals surface area contributed by atoms with Gasteiger partial charge in [-0.2, -0.15) is 0 Å². The molecule has 0 spiro atoms. The Bertz CT molecular complexity index is 873. The molecule has 0 N–H and O–H groups in total. The van der Waals surface area contributed by atoms with Crippen molar-refractivity contribution in [3.8, 4) is 5.75 Å². The highest BCUT2D eigenvalue weighted by atomic mass is 79.9. The molecule has 0 aliphatic carbocycles. The molecule has 3 aliphatic rings. The first-order valence-corrected chi connectivity index (χ1v) is 13.5. The molecule has 8 heteroatoms. The fourth-order valence-electron chi connectivity index (χ4n) is 5.27. The molecule has 0 bridgehead atoms. The number of benzene rings is 1. The lowest BCUT2D eigenvalue weighted by molar-refractivity contribution is -0.143. The first kappa shape index (κ1) is 25.0. The first-order chi connectivity index (χ1) is 16.5. The largest absolute Gasteiger partial charge is 0.490 e. The third-order valence-electron chi connectivity index (χ3n) is 7.24. The molecule has 3 amide bonds. The van der Waals surface area contributed by atoms with Gasteiger partial charge in [0.15, 0.2) is 0 Å². The van der Waals surface area contributed by atoms with Crippen LogP contribution in [0.25, 0.3) is 0 Å². The van der Waals surface area contributed by atoms with E-state index in [1.807, 2.05) is 34.1 Å². The number of halogens is 1. The Morgan fingerprint density at radius 1 is 0.941 bits per heavy atom. The molecule has 3 aliphatic heterocycles. The summed E-state index contributed by atoms with van der Waals surface area (Å²) in [5.74, 6) is 0.905. The number of hydrogen-bond donors (Lipinski definition) is 0. The number of rotatable bonds is 6. The van der Waals surface area contributed by atoms with E-state index in [1.165, 1.54) is 6.42 Å². The van der Waals surface area contributed by atoms with Gasteiger partial charge in [0.1, 0.15) is 11.9 Å². The van der Waals surface area contributed by atoms with Gasteiger partial charge in [-0.3, -0.25) is 14.4 Å². The number of hydrogen-bond acceptors (Lipinski definition) is 4. The molecule has 0 saturated carbocycles. The van der Waals surface area contributed by atoms with Crippen molar-refractivity contribution in [1.82, 2.24) is 14.7 Å². The van der Waals surface area contributed by atoms with Crippen LogP contribution in [0.4, 0.5) is 0 Å². The standard InChI is InChI=1S/C26H36BrN3O4/c27-21-8-7-9-22(17-21)34-23-11-15-30(26(33)19-29-14-4-1-3-10-24(29)31)18-20(23)16-25(32)28-12-5-2-6-13-28/h7-9,17,20,23H,1-6,10-16,18-19H2/t20-,23-/m0/s1. The van der Waals surface area contributed by atoms with Crippen LogP contribution in [0.15, 0.2) is 28.7 Å². The van der Waals surface area contributed by atoms with E-state index in [0.29, 0.717) is 38.9 Å². The Labute approximate surface area is 210 Å². The van der Waals surface area contributed by atoms with E-state index in [-0.39, 0.29) is 36.3 Å². The van der Waals surface area contributed by atoms with E-state index in [4.69, 9.17) is 4.74 Å². The van der Waals surface area contributed by atoms with Crippen molar-refractivity contribution in [3.63, 3.8) is 0 Å². The quantitative estimate of drug-likeness (QED) is 0.556. The minimum atomic E-state index is -0.132. The Balaban J connectivity index is 1.42. The highest BCUT2D eigenvalue weighted by Crippen LogP contribution is 2.28. The van der Waals surface area contributed by atoms with Crippen molar-refractivity contribution < 1.29 is 19.1 Å². The smallest absolute Gasteiger partial charge is 0.242 e. The molecule has 1 aromatic carbocycles. The van der Waals surface area contributed by atoms with Crippen molar-refractivity contribution in [2.45, 2.75) is 63.9 Å². The summed E-state index contributed by atoms with van der Waals surface area (Å²) in [6, 6.07) is 7.75. The summed E-state index contributed by atoms with van der Waals surface area (Å²) in [5, 5.41) is 0. The summed E-state index contributed by atoms with van der Waals surface area (Å²) in [4.78, 5) is 44.2. The van der Waals surface area contributed by atoms with Crippen LogP contribution < -0.4 is 4.74 Å². The lowest BCUT2D eigenvalue weighted by Crippen LogP contribution is -2.52. The maximum absolute atomic E-state index is 13.2. The van der Waals surface area contributed by atoms with Crippen molar-refractivity contribution >= 4 is 33.7 Å². The van der Waals surface area contributed by atoms with Gasteiger partial charge in [0, 0.05) is 62.4 Å². The molecule has 186 valence electrons. The number of carbonyl (C=O) groups excluding carboxylic acids is 3. The predicted octanol–water partition coefficient (Wildman–Crippen LogP) is 3.85. The van der Waals surface area contributed by atoms with E-state index >= 15 is 0 Å². The minimum absolute atomic E-state index is 0.0217. The third-order valence-corrected chi connectivity index (χ3v) is 7.74. The van der Waals surface area contributed by atoms with E-state index in [2.05, 4.69) is 15.9 Å². The van der Waals surface area contributed by atoms with Gasteiger partial charge >= 0.3 is 0 Å². The number of carbonyl (C=O) groups is 3. The van der Waals surface area contributed by atoms with Crippen molar-refractivity contribution in [1.29, 1.82) is 0 Å². The molecule has 0 unspecified atom stereocenters. The van der Waals surface area contributed by atoms with Gasteiger partial charge in [-0.05, 0) is 50.3 Å². The number of likely N-dealkylation sites (tertiary alicyclic amines) is 3. The van der Waals surface area contributed by atoms with Crippen LogP contribution in [-0.2, 0) is 14.4 Å². The summed E-state index contributed by atoms with van der Waals surface area (Å²) in [7, 11) is 0. The molecule has 3 saturated heterocycles. The number of ether oxygens (including phenoxy) is 1. The second-order valence-electron chi connectivity index (χ2n) is 9.77. The Morgan fingerprint density at radius 3 is 2.50 bits per heavy atom. The number of nitrogens with zero attached hydrogens (tertiary/aromatic N) is 3. The Hall–Kier alpha value is -2.09. The zero-order valence-electron chi connectivity index (χ0n) is 19.9. The molecular weight excluding hydrogens is 498 g/mol. The molecule has 34 heavy (non-hydrogen) atoms. The Kier molecular flexibility index (Phi) is 8.86. The summed E-state index contributed by atoms with van der Waals surface area (Å²) in [6.45, 7) is 3.50. The summed E-state index contributed by atoms with van der Waals surface area (Å²) >= 11 is 3.49. The molecule has 4 rings (SSSR count). The number of piperidine rings is 2. The van der Waals surface area contributed by atoms with E-state index in [9.17, 15) is 14.4 Å². The highest BCUT2D eigenvalue weighted by molar-refractivity contribution is 9.10. The van der Waals surface area contributed by atoms with Crippen molar-refractivity contribution in [3.05, 3.63) is 28.7 Å². The second-order valence-corrected chi connectivity index (χ2v) is 10.7. The van der Waals surface area contributed by atoms with Gasteiger partial charge in [0.25, 0.3) is 0 Å². The van der Waals surface area contributed by atoms with Gasteiger partial charge in [-0.15, -0.1) is 0 Å².